The van der Waals surface area contributed by atoms with Crippen LogP contribution < -0.4 is 15.0 Å². The van der Waals surface area contributed by atoms with Crippen molar-refractivity contribution in [2.45, 2.75) is 38.8 Å². The highest BCUT2D eigenvalue weighted by Crippen LogP contribution is 2.33. The number of carbonyl (C=O) groups is 1. The van der Waals surface area contributed by atoms with Crippen LogP contribution in [0.25, 0.3) is 0 Å². The van der Waals surface area contributed by atoms with E-state index in [0.717, 1.165) is 11.4 Å². The van der Waals surface area contributed by atoms with Crippen LogP contribution in [0.3, 0.4) is 0 Å². The molecule has 2 aromatic rings. The Labute approximate surface area is 141 Å². The summed E-state index contributed by atoms with van der Waals surface area (Å²) in [5.74, 6) is 1.88. The van der Waals surface area contributed by atoms with Crippen molar-refractivity contribution in [2.75, 3.05) is 18.5 Å². The van der Waals surface area contributed by atoms with Gasteiger partial charge in [0.1, 0.15) is 5.75 Å². The van der Waals surface area contributed by atoms with Gasteiger partial charge in [-0.05, 0) is 33.0 Å². The molecule has 1 aliphatic rings. The quantitative estimate of drug-likeness (QED) is 0.866. The Kier molecular flexibility index (Phi) is 4.80. The number of hydrogen-bond donors (Lipinski definition) is 1. The maximum absolute atomic E-state index is 12.4. The van der Waals surface area contributed by atoms with Gasteiger partial charge in [-0.15, -0.1) is 0 Å². The Bertz CT molecular complexity index is 715. The van der Waals surface area contributed by atoms with Gasteiger partial charge in [-0.2, -0.15) is 4.98 Å². The van der Waals surface area contributed by atoms with Crippen LogP contribution in [0.15, 0.2) is 28.8 Å². The number of anilines is 1. The first-order valence-corrected chi connectivity index (χ1v) is 8.14. The molecule has 0 radical (unpaired) electrons. The summed E-state index contributed by atoms with van der Waals surface area (Å²) in [7, 11) is 1.90. The first-order chi connectivity index (χ1) is 11.6. The van der Waals surface area contributed by atoms with Crippen molar-refractivity contribution in [3.05, 3.63) is 36.0 Å². The Hall–Kier alpha value is -2.41. The molecule has 0 bridgehead atoms. The minimum Gasteiger partial charge on any atom is -0.479 e. The molecule has 0 saturated heterocycles. The molecular weight excluding hydrogens is 308 g/mol. The summed E-state index contributed by atoms with van der Waals surface area (Å²) in [6, 6.07) is 7.82. The second-order valence-corrected chi connectivity index (χ2v) is 5.97. The molecule has 1 N–H and O–H groups in total. The number of para-hydroxylation sites is 2. The molecule has 1 aliphatic heterocycles. The molecule has 0 aliphatic carbocycles. The highest BCUT2D eigenvalue weighted by atomic mass is 16.5. The zero-order valence-electron chi connectivity index (χ0n) is 14.2. The molecule has 0 saturated carbocycles. The van der Waals surface area contributed by atoms with Crippen molar-refractivity contribution < 1.29 is 14.1 Å². The van der Waals surface area contributed by atoms with Crippen LogP contribution in [0, 0.1) is 0 Å². The van der Waals surface area contributed by atoms with Crippen molar-refractivity contribution in [3.63, 3.8) is 0 Å². The fourth-order valence-electron chi connectivity index (χ4n) is 2.65. The molecule has 0 spiro atoms. The van der Waals surface area contributed by atoms with Crippen LogP contribution in [-0.2, 0) is 17.6 Å². The van der Waals surface area contributed by atoms with Crippen LogP contribution in [0.4, 0.5) is 5.69 Å². The Balaban J connectivity index is 1.69. The Morgan fingerprint density at radius 1 is 1.38 bits per heavy atom. The first kappa shape index (κ1) is 16.4. The fourth-order valence-corrected chi connectivity index (χ4v) is 2.65. The van der Waals surface area contributed by atoms with E-state index in [-0.39, 0.29) is 11.9 Å². The van der Waals surface area contributed by atoms with E-state index in [4.69, 9.17) is 9.26 Å². The highest BCUT2D eigenvalue weighted by molar-refractivity contribution is 5.99. The summed E-state index contributed by atoms with van der Waals surface area (Å²) in [5.41, 5.74) is 0.782. The number of aromatic nitrogens is 2. The number of nitrogens with zero attached hydrogens (tertiary/aromatic N) is 3. The van der Waals surface area contributed by atoms with E-state index in [1.807, 2.05) is 31.3 Å². The molecule has 1 aromatic heterocycles. The monoisotopic (exact) mass is 330 g/mol. The molecule has 24 heavy (non-hydrogen) atoms. The van der Waals surface area contributed by atoms with Crippen molar-refractivity contribution in [2.24, 2.45) is 0 Å². The molecule has 3 rings (SSSR count). The van der Waals surface area contributed by atoms with Crippen LogP contribution in [0.2, 0.25) is 0 Å². The molecule has 128 valence electrons. The zero-order chi connectivity index (χ0) is 17.1. The standard InChI is InChI=1S/C17H22N4O3/c1-11(18-3)10-15-19-16(24-20-15)8-9-21-13-6-4-5-7-14(13)23-12(2)17(21)22/h4-7,11-12,18H,8-10H2,1-3H3. The van der Waals surface area contributed by atoms with Gasteiger partial charge in [0.05, 0.1) is 5.69 Å². The van der Waals surface area contributed by atoms with Gasteiger partial charge >= 0.3 is 0 Å². The minimum atomic E-state index is -0.491. The van der Waals surface area contributed by atoms with Crippen molar-refractivity contribution in [1.82, 2.24) is 15.5 Å². The maximum atomic E-state index is 12.4. The summed E-state index contributed by atoms with van der Waals surface area (Å²) >= 11 is 0. The molecule has 2 heterocycles. The van der Waals surface area contributed by atoms with Crippen molar-refractivity contribution in [1.29, 1.82) is 0 Å². The van der Waals surface area contributed by atoms with Gasteiger partial charge in [-0.1, -0.05) is 17.3 Å². The highest BCUT2D eigenvalue weighted by Gasteiger charge is 2.31. The maximum Gasteiger partial charge on any atom is 0.267 e. The van der Waals surface area contributed by atoms with Crippen LogP contribution in [-0.4, -0.2) is 41.8 Å². The molecule has 1 aromatic carbocycles. The third-order valence-electron chi connectivity index (χ3n) is 4.11. The van der Waals surface area contributed by atoms with E-state index in [9.17, 15) is 4.79 Å². The van der Waals surface area contributed by atoms with Crippen LogP contribution in [0.1, 0.15) is 25.6 Å². The second kappa shape index (κ2) is 7.00. The lowest BCUT2D eigenvalue weighted by Crippen LogP contribution is -2.45. The normalized spacial score (nSPS) is 18.2. The van der Waals surface area contributed by atoms with Crippen molar-refractivity contribution >= 4 is 11.6 Å². The Morgan fingerprint density at radius 3 is 2.96 bits per heavy atom. The fraction of sp³-hybridized carbons (Fsp3) is 0.471. The van der Waals surface area contributed by atoms with E-state index in [1.54, 1.807) is 11.8 Å². The lowest BCUT2D eigenvalue weighted by Gasteiger charge is -2.32. The van der Waals surface area contributed by atoms with Gasteiger partial charge in [0.15, 0.2) is 11.9 Å². The largest absolute Gasteiger partial charge is 0.479 e. The van der Waals surface area contributed by atoms with E-state index >= 15 is 0 Å². The minimum absolute atomic E-state index is 0.0581. The van der Waals surface area contributed by atoms with Gasteiger partial charge < -0.3 is 19.5 Å². The number of benzene rings is 1. The molecule has 0 fully saturated rings. The predicted molar refractivity (Wildman–Crippen MR) is 89.1 cm³/mol. The van der Waals surface area contributed by atoms with Crippen LogP contribution in [0.5, 0.6) is 5.75 Å². The molecule has 7 nitrogen and oxygen atoms in total. The van der Waals surface area contributed by atoms with Gasteiger partial charge in [0.25, 0.3) is 5.91 Å². The lowest BCUT2D eigenvalue weighted by molar-refractivity contribution is -0.125. The van der Waals surface area contributed by atoms with Gasteiger partial charge in [0.2, 0.25) is 5.89 Å². The summed E-state index contributed by atoms with van der Waals surface area (Å²) in [5, 5.41) is 7.13. The summed E-state index contributed by atoms with van der Waals surface area (Å²) in [6.07, 6.45) is 0.721. The van der Waals surface area contributed by atoms with E-state index in [2.05, 4.69) is 22.4 Å². The molecule has 2 atom stereocenters. The average Bonchev–Trinajstić information content (AvgIpc) is 3.02. The number of ether oxygens (including phenoxy) is 1. The summed E-state index contributed by atoms with van der Waals surface area (Å²) < 4.78 is 10.9. The lowest BCUT2D eigenvalue weighted by atomic mass is 10.2. The summed E-state index contributed by atoms with van der Waals surface area (Å²) in [6.45, 7) is 4.29. The number of nitrogens with one attached hydrogen (secondary N) is 1. The molecule has 1 amide bonds. The zero-order valence-corrected chi connectivity index (χ0v) is 14.2. The average molecular weight is 330 g/mol. The van der Waals surface area contributed by atoms with Crippen LogP contribution >= 0.6 is 0 Å². The van der Waals surface area contributed by atoms with Crippen molar-refractivity contribution in [3.8, 4) is 5.75 Å². The van der Waals surface area contributed by atoms with E-state index < -0.39 is 6.10 Å². The number of fused-ring (bicyclic) bond motifs is 1. The number of likely N-dealkylation sites (N-methyl/N-ethyl adjacent to an activating group) is 1. The van der Waals surface area contributed by atoms with Gasteiger partial charge in [-0.3, -0.25) is 4.79 Å². The van der Waals surface area contributed by atoms with E-state index in [1.165, 1.54) is 0 Å². The first-order valence-electron chi connectivity index (χ1n) is 8.14. The second-order valence-electron chi connectivity index (χ2n) is 5.97. The predicted octanol–water partition coefficient (Wildman–Crippen LogP) is 1.58. The molecular formula is C17H22N4O3. The third kappa shape index (κ3) is 3.41. The number of amides is 1. The summed E-state index contributed by atoms with van der Waals surface area (Å²) in [4.78, 5) is 18.5. The smallest absolute Gasteiger partial charge is 0.267 e. The number of carbonyl (C=O) groups excluding carboxylic acids is 1. The SMILES string of the molecule is CNC(C)Cc1noc(CCN2C(=O)C(C)Oc3ccccc32)n1. The van der Waals surface area contributed by atoms with E-state index in [0.29, 0.717) is 31.1 Å². The number of rotatable bonds is 6. The Morgan fingerprint density at radius 2 is 2.17 bits per heavy atom. The van der Waals surface area contributed by atoms with Gasteiger partial charge in [-0.25, -0.2) is 0 Å². The van der Waals surface area contributed by atoms with Gasteiger partial charge in [0, 0.05) is 25.4 Å². The molecule has 2 unspecified atom stereocenters. The molecule has 7 heteroatoms. The number of hydrogen-bond acceptors (Lipinski definition) is 6. The topological polar surface area (TPSA) is 80.5 Å². The third-order valence-corrected chi connectivity index (χ3v) is 4.11.